The van der Waals surface area contributed by atoms with Crippen molar-refractivity contribution in [1.82, 2.24) is 0 Å². The highest BCUT2D eigenvalue weighted by Gasteiger charge is 2.68. The number of rotatable bonds is 7. The molecule has 36 heavy (non-hydrogen) atoms. The third-order valence-electron chi connectivity index (χ3n) is 8.81. The molecule has 2 unspecified atom stereocenters. The largest absolute Gasteiger partial charge is 0.489 e. The van der Waals surface area contributed by atoms with Crippen molar-refractivity contribution in [2.24, 2.45) is 35.5 Å². The van der Waals surface area contributed by atoms with E-state index in [1.807, 2.05) is 27.0 Å². The van der Waals surface area contributed by atoms with Gasteiger partial charge in [0.2, 0.25) is 6.54 Å². The number of carbonyl (C=O) groups excluding carboxylic acids is 1. The van der Waals surface area contributed by atoms with E-state index in [1.165, 1.54) is 0 Å². The minimum Gasteiger partial charge on any atom is -0.489 e. The van der Waals surface area contributed by atoms with Crippen LogP contribution in [0.2, 0.25) is 0 Å². The van der Waals surface area contributed by atoms with Crippen LogP contribution in [0, 0.1) is 45.6 Å². The molecule has 2 heterocycles. The van der Waals surface area contributed by atoms with Crippen molar-refractivity contribution in [1.29, 1.82) is 0 Å². The molecule has 0 aromatic heterocycles. The van der Waals surface area contributed by atoms with Gasteiger partial charge in [-0.2, -0.15) is 0 Å². The average Bonchev–Trinajstić information content (AvgIpc) is 3.03. The molecule has 4 rings (SSSR count). The zero-order valence-corrected chi connectivity index (χ0v) is 22.9. The van der Waals surface area contributed by atoms with Crippen molar-refractivity contribution in [3.05, 3.63) is 46.3 Å². The first-order valence-electron chi connectivity index (χ1n) is 12.8. The lowest BCUT2D eigenvalue weighted by molar-refractivity contribution is -0.492. The predicted molar refractivity (Wildman–Crippen MR) is 138 cm³/mol. The van der Waals surface area contributed by atoms with Gasteiger partial charge in [-0.15, -0.1) is 11.8 Å². The summed E-state index contributed by atoms with van der Waals surface area (Å²) in [5.41, 5.74) is 0.0920. The molecule has 1 saturated heterocycles. The van der Waals surface area contributed by atoms with Gasteiger partial charge in [-0.05, 0) is 32.1 Å². The van der Waals surface area contributed by atoms with Gasteiger partial charge in [0.25, 0.3) is 0 Å². The number of Topliss-reactive ketones (excluding diaryl/α,β-unsaturated/α-hetero) is 1. The van der Waals surface area contributed by atoms with Crippen LogP contribution in [0.3, 0.4) is 0 Å². The summed E-state index contributed by atoms with van der Waals surface area (Å²) in [6, 6.07) is 0. The number of methoxy groups -OCH3 is 1. The summed E-state index contributed by atoms with van der Waals surface area (Å²) < 4.78 is 25.2. The lowest BCUT2D eigenvalue weighted by atomic mass is 9.56. The van der Waals surface area contributed by atoms with Gasteiger partial charge in [0.15, 0.2) is 0 Å². The summed E-state index contributed by atoms with van der Waals surface area (Å²) in [5, 5.41) is 11.5. The zero-order chi connectivity index (χ0) is 26.4. The van der Waals surface area contributed by atoms with Crippen molar-refractivity contribution in [3.8, 4) is 0 Å². The Balaban J connectivity index is 1.81. The minimum absolute atomic E-state index is 0.0599. The number of ether oxygens (including phenoxy) is 4. The smallest absolute Gasteiger partial charge is 0.209 e. The summed E-state index contributed by atoms with van der Waals surface area (Å²) in [6.45, 7) is 11.9. The minimum atomic E-state index is -0.878. The van der Waals surface area contributed by atoms with Gasteiger partial charge in [-0.25, -0.2) is 0 Å². The Hall–Kier alpha value is -1.68. The standard InChI is InChI=1S/C27H39NO7S/c1-14-10-15(2)27-19(11-22(32-6)17(4)34-25(14)18(5)33-13-36-7)8-9-20-23(27)24(29)16(3)21(12-28(30)31)26(20)35-27/h8-10,14,16,18-23,25-26H,4,11-13H2,1-3,5-7H3/b15-10+/t14-,16?,18-,19-,20-,21?,22+,23+,25+,26-,27+/m1/s1. The fraction of sp³-hybridized carbons (Fsp3) is 0.741. The van der Waals surface area contributed by atoms with Gasteiger partial charge in [0.05, 0.1) is 30.0 Å². The summed E-state index contributed by atoms with van der Waals surface area (Å²) in [6.07, 6.45) is 7.54. The Morgan fingerprint density at radius 3 is 2.72 bits per heavy atom. The molecule has 11 atom stereocenters. The highest BCUT2D eigenvalue weighted by Crippen LogP contribution is 2.60. The van der Waals surface area contributed by atoms with E-state index in [0.717, 1.165) is 5.57 Å². The molecule has 1 spiro atoms. The molecule has 2 aliphatic heterocycles. The molecule has 0 N–H and O–H groups in total. The van der Waals surface area contributed by atoms with Crippen LogP contribution in [0.5, 0.6) is 0 Å². The molecular formula is C27H39NO7S. The molecule has 2 fully saturated rings. The molecule has 9 heteroatoms. The Morgan fingerprint density at radius 2 is 2.08 bits per heavy atom. The van der Waals surface area contributed by atoms with Gasteiger partial charge >= 0.3 is 0 Å². The normalized spacial score (nSPS) is 44.3. The van der Waals surface area contributed by atoms with Gasteiger partial charge in [0, 0.05) is 35.7 Å². The van der Waals surface area contributed by atoms with E-state index in [2.05, 4.69) is 31.7 Å². The fourth-order valence-corrected chi connectivity index (χ4v) is 7.38. The number of ketones is 1. The molecule has 4 aliphatic rings. The Morgan fingerprint density at radius 1 is 1.36 bits per heavy atom. The van der Waals surface area contributed by atoms with E-state index in [1.54, 1.807) is 18.9 Å². The number of hydrogen-bond donors (Lipinski definition) is 0. The summed E-state index contributed by atoms with van der Waals surface area (Å²) in [4.78, 5) is 25.1. The molecule has 8 nitrogen and oxygen atoms in total. The van der Waals surface area contributed by atoms with Crippen LogP contribution in [-0.4, -0.2) is 66.6 Å². The second kappa shape index (κ2) is 10.6. The van der Waals surface area contributed by atoms with Crippen molar-refractivity contribution in [3.63, 3.8) is 0 Å². The first-order chi connectivity index (χ1) is 17.1. The third-order valence-corrected chi connectivity index (χ3v) is 9.18. The van der Waals surface area contributed by atoms with E-state index in [4.69, 9.17) is 18.9 Å². The lowest BCUT2D eigenvalue weighted by Crippen LogP contribution is -2.54. The second-order valence-electron chi connectivity index (χ2n) is 10.8. The topological polar surface area (TPSA) is 97.1 Å². The zero-order valence-electron chi connectivity index (χ0n) is 22.0. The number of nitro groups is 1. The molecule has 1 saturated carbocycles. The van der Waals surface area contributed by atoms with Crippen LogP contribution in [-0.2, 0) is 23.7 Å². The molecule has 0 radical (unpaired) electrons. The third kappa shape index (κ3) is 4.46. The number of thioether (sulfide) groups is 1. The highest BCUT2D eigenvalue weighted by molar-refractivity contribution is 7.98. The highest BCUT2D eigenvalue weighted by atomic mass is 32.2. The monoisotopic (exact) mass is 521 g/mol. The van der Waals surface area contributed by atoms with Crippen LogP contribution < -0.4 is 0 Å². The first-order valence-corrected chi connectivity index (χ1v) is 14.1. The van der Waals surface area contributed by atoms with E-state index in [9.17, 15) is 14.9 Å². The number of nitrogens with zero attached hydrogens (tertiary/aromatic N) is 1. The van der Waals surface area contributed by atoms with Crippen molar-refractivity contribution in [2.75, 3.05) is 25.8 Å². The van der Waals surface area contributed by atoms with Gasteiger partial charge in [0.1, 0.15) is 29.4 Å². The van der Waals surface area contributed by atoms with Crippen molar-refractivity contribution in [2.45, 2.75) is 64.1 Å². The van der Waals surface area contributed by atoms with E-state index in [-0.39, 0.29) is 59.2 Å². The SMILES string of the molecule is C=C1O[C@H]([C@@H](C)OCSC)[C@H](C)/C=C(\C)[C@@]23O[C@H]4C(C[N+](=O)[O-])C(C)C(=O)[C@@H]2[C@H]4C=C[C@@H]3C[C@@H]1OC. The summed E-state index contributed by atoms with van der Waals surface area (Å²) >= 11 is 1.60. The average molecular weight is 522 g/mol. The van der Waals surface area contributed by atoms with Crippen molar-refractivity contribution < 1.29 is 28.7 Å². The van der Waals surface area contributed by atoms with E-state index < -0.39 is 23.5 Å². The maximum absolute atomic E-state index is 13.9. The fourth-order valence-electron chi connectivity index (χ4n) is 7.03. The molecule has 0 aromatic rings. The second-order valence-corrected chi connectivity index (χ2v) is 11.6. The number of carbonyl (C=O) groups is 1. The molecule has 200 valence electrons. The van der Waals surface area contributed by atoms with Crippen LogP contribution in [0.1, 0.15) is 34.1 Å². The summed E-state index contributed by atoms with van der Waals surface area (Å²) in [7, 11) is 1.63. The molecule has 4 bridgehead atoms. The Bertz CT molecular complexity index is 950. The lowest BCUT2D eigenvalue weighted by Gasteiger charge is -2.46. The molecular weight excluding hydrogens is 482 g/mol. The molecule has 0 amide bonds. The van der Waals surface area contributed by atoms with Crippen molar-refractivity contribution >= 4 is 17.5 Å². The maximum atomic E-state index is 13.9. The van der Waals surface area contributed by atoms with Gasteiger partial charge < -0.3 is 18.9 Å². The first kappa shape index (κ1) is 27.4. The van der Waals surface area contributed by atoms with E-state index in [0.29, 0.717) is 18.1 Å². The van der Waals surface area contributed by atoms with Crippen LogP contribution in [0.15, 0.2) is 36.1 Å². The van der Waals surface area contributed by atoms with Crippen LogP contribution in [0.25, 0.3) is 0 Å². The van der Waals surface area contributed by atoms with Crippen LogP contribution in [0.4, 0.5) is 0 Å². The maximum Gasteiger partial charge on any atom is 0.209 e. The van der Waals surface area contributed by atoms with Gasteiger partial charge in [-0.3, -0.25) is 14.9 Å². The van der Waals surface area contributed by atoms with E-state index >= 15 is 0 Å². The quantitative estimate of drug-likeness (QED) is 0.212. The Labute approximate surface area is 218 Å². The molecule has 2 aliphatic carbocycles. The number of hydrogen-bond acceptors (Lipinski definition) is 8. The van der Waals surface area contributed by atoms with Crippen LogP contribution >= 0.6 is 11.8 Å². The Kier molecular flexibility index (Phi) is 8.05. The molecule has 0 aromatic carbocycles. The van der Waals surface area contributed by atoms with Gasteiger partial charge in [-0.1, -0.05) is 38.7 Å². The summed E-state index contributed by atoms with van der Waals surface area (Å²) in [5.74, 6) is -0.537. The predicted octanol–water partition coefficient (Wildman–Crippen LogP) is 4.28.